The molecule has 3 aromatic heterocycles. The van der Waals surface area contributed by atoms with Crippen molar-refractivity contribution >= 4 is 22.9 Å². The lowest BCUT2D eigenvalue weighted by molar-refractivity contribution is -0.116. The van der Waals surface area contributed by atoms with Crippen molar-refractivity contribution in [2.75, 3.05) is 12.4 Å². The highest BCUT2D eigenvalue weighted by Crippen LogP contribution is 2.42. The fraction of sp³-hybridized carbons (Fsp3) is 0.318. The van der Waals surface area contributed by atoms with Gasteiger partial charge in [0, 0.05) is 17.9 Å². The van der Waals surface area contributed by atoms with Crippen LogP contribution in [-0.4, -0.2) is 48.8 Å². The van der Waals surface area contributed by atoms with E-state index >= 15 is 0 Å². The lowest BCUT2D eigenvalue weighted by atomic mass is 9.85. The number of carbonyl (C=O) groups is 1. The molecular weight excluding hydrogens is 410 g/mol. The predicted octanol–water partition coefficient (Wildman–Crippen LogP) is 3.12. The number of benzene rings is 1. The average molecular weight is 433 g/mol. The third-order valence-corrected chi connectivity index (χ3v) is 5.46. The van der Waals surface area contributed by atoms with Gasteiger partial charge in [0.25, 0.3) is 0 Å². The van der Waals surface area contributed by atoms with Crippen molar-refractivity contribution in [1.82, 2.24) is 29.7 Å². The summed E-state index contributed by atoms with van der Waals surface area (Å²) < 4.78 is 13.1. The van der Waals surface area contributed by atoms with E-state index < -0.39 is 0 Å². The highest BCUT2D eigenvalue weighted by atomic mass is 16.5. The number of nitrogens with zero attached hydrogens (tertiary/aromatic N) is 5. The molecular formula is C22H23N7O3. The first-order valence-corrected chi connectivity index (χ1v) is 10.3. The summed E-state index contributed by atoms with van der Waals surface area (Å²) in [7, 11) is 1.61. The minimum atomic E-state index is -0.188. The quantitative estimate of drug-likeness (QED) is 0.496. The molecule has 32 heavy (non-hydrogen) atoms. The van der Waals surface area contributed by atoms with Crippen molar-refractivity contribution in [1.29, 1.82) is 0 Å². The number of methoxy groups -OCH3 is 1. The molecule has 0 saturated carbocycles. The van der Waals surface area contributed by atoms with E-state index in [2.05, 4.69) is 25.3 Å². The monoisotopic (exact) mass is 433 g/mol. The van der Waals surface area contributed by atoms with Gasteiger partial charge < -0.3 is 19.8 Å². The number of hydrogen-bond acceptors (Lipinski definition) is 7. The Balaban J connectivity index is 1.65. The number of aromatic nitrogens is 6. The van der Waals surface area contributed by atoms with Crippen molar-refractivity contribution in [3.05, 3.63) is 47.7 Å². The van der Waals surface area contributed by atoms with Crippen molar-refractivity contribution < 1.29 is 14.3 Å². The number of ether oxygens (including phenoxy) is 2. The maximum Gasteiger partial charge on any atom is 0.226 e. The van der Waals surface area contributed by atoms with E-state index in [0.717, 1.165) is 16.8 Å². The Bertz CT molecular complexity index is 1320. The molecule has 0 saturated heterocycles. The number of nitrogens with one attached hydrogen (secondary N) is 2. The fourth-order valence-corrected chi connectivity index (χ4v) is 4.15. The second-order valence-electron chi connectivity index (χ2n) is 7.94. The molecule has 0 spiro atoms. The lowest BCUT2D eigenvalue weighted by Gasteiger charge is -2.25. The fourth-order valence-electron chi connectivity index (χ4n) is 4.15. The molecule has 1 amide bonds. The van der Waals surface area contributed by atoms with Gasteiger partial charge in [-0.15, -0.1) is 0 Å². The van der Waals surface area contributed by atoms with Crippen LogP contribution in [0.5, 0.6) is 11.5 Å². The number of aromatic amines is 1. The summed E-state index contributed by atoms with van der Waals surface area (Å²) in [6.45, 7) is 5.86. The van der Waals surface area contributed by atoms with E-state index in [0.29, 0.717) is 40.7 Å². The predicted molar refractivity (Wildman–Crippen MR) is 117 cm³/mol. The molecule has 2 N–H and O–H groups in total. The van der Waals surface area contributed by atoms with Crippen LogP contribution in [0.1, 0.15) is 43.0 Å². The van der Waals surface area contributed by atoms with E-state index in [1.165, 1.54) is 6.33 Å². The number of anilines is 1. The Morgan fingerprint density at radius 1 is 1.19 bits per heavy atom. The highest BCUT2D eigenvalue weighted by molar-refractivity contribution is 5.95. The molecule has 10 heteroatoms. The van der Waals surface area contributed by atoms with Crippen LogP contribution in [0, 0.1) is 6.92 Å². The van der Waals surface area contributed by atoms with Crippen LogP contribution in [0.25, 0.3) is 17.0 Å². The zero-order valence-electron chi connectivity index (χ0n) is 18.2. The Hall–Kier alpha value is -3.95. The van der Waals surface area contributed by atoms with E-state index in [1.807, 2.05) is 39.0 Å². The first-order chi connectivity index (χ1) is 15.5. The van der Waals surface area contributed by atoms with Crippen molar-refractivity contribution in [3.63, 3.8) is 0 Å². The lowest BCUT2D eigenvalue weighted by Crippen LogP contribution is -2.25. The molecule has 0 aliphatic carbocycles. The van der Waals surface area contributed by atoms with Crippen LogP contribution < -0.4 is 14.8 Å². The molecule has 1 atom stereocenters. The molecule has 1 aliphatic rings. The zero-order valence-corrected chi connectivity index (χ0v) is 18.2. The minimum Gasteiger partial charge on any atom is -0.493 e. The number of aryl methyl sites for hydroxylation is 1. The number of rotatable bonds is 5. The van der Waals surface area contributed by atoms with E-state index in [1.54, 1.807) is 18.1 Å². The maximum atomic E-state index is 12.7. The second kappa shape index (κ2) is 7.63. The first-order valence-electron chi connectivity index (χ1n) is 10.3. The van der Waals surface area contributed by atoms with Gasteiger partial charge in [0.2, 0.25) is 5.91 Å². The molecule has 0 bridgehead atoms. The number of imidazole rings is 1. The van der Waals surface area contributed by atoms with Gasteiger partial charge in [0.15, 0.2) is 23.0 Å². The summed E-state index contributed by atoms with van der Waals surface area (Å²) >= 11 is 0. The molecule has 1 aliphatic heterocycles. The zero-order chi connectivity index (χ0) is 22.4. The normalized spacial score (nSPS) is 15.7. The Morgan fingerprint density at radius 2 is 2.03 bits per heavy atom. The van der Waals surface area contributed by atoms with Crippen LogP contribution >= 0.6 is 0 Å². The standard InChI is InChI=1S/C22H23N7O3/c1-11(2)32-16-7-13(5-6-15(16)31-4)14-8-17(30)27-21-18(14)12(3)28-29(21)22-19-20(24-9-23-19)25-10-26-22/h5-7,9-11,14H,8H2,1-4H3,(H,27,30)(H,23,24,25,26)/t14-/m0/s1. The molecule has 164 valence electrons. The van der Waals surface area contributed by atoms with E-state index in [4.69, 9.17) is 14.6 Å². The summed E-state index contributed by atoms with van der Waals surface area (Å²) in [5.41, 5.74) is 3.87. The SMILES string of the molecule is COc1ccc([C@@H]2CC(=O)Nc3c2c(C)nn3-c2ncnc3nc[nH]c23)cc1OC(C)C. The van der Waals surface area contributed by atoms with Crippen molar-refractivity contribution in [2.45, 2.75) is 39.2 Å². The Morgan fingerprint density at radius 3 is 2.81 bits per heavy atom. The minimum absolute atomic E-state index is 0.0107. The van der Waals surface area contributed by atoms with Gasteiger partial charge in [-0.1, -0.05) is 6.07 Å². The maximum absolute atomic E-state index is 12.7. The molecule has 4 aromatic rings. The second-order valence-corrected chi connectivity index (χ2v) is 7.94. The summed E-state index contributed by atoms with van der Waals surface area (Å²) in [5, 5.41) is 7.70. The van der Waals surface area contributed by atoms with Gasteiger partial charge in [-0.3, -0.25) is 4.79 Å². The van der Waals surface area contributed by atoms with Crippen LogP contribution in [0.3, 0.4) is 0 Å². The van der Waals surface area contributed by atoms with Gasteiger partial charge in [-0.2, -0.15) is 9.78 Å². The summed E-state index contributed by atoms with van der Waals surface area (Å²) in [6, 6.07) is 5.78. The number of hydrogen-bond donors (Lipinski definition) is 2. The molecule has 1 aromatic carbocycles. The van der Waals surface area contributed by atoms with E-state index in [9.17, 15) is 4.79 Å². The largest absolute Gasteiger partial charge is 0.493 e. The van der Waals surface area contributed by atoms with Crippen LogP contribution in [0.4, 0.5) is 5.82 Å². The van der Waals surface area contributed by atoms with Gasteiger partial charge in [-0.25, -0.2) is 15.0 Å². The topological polar surface area (TPSA) is 120 Å². The number of carbonyl (C=O) groups excluding carboxylic acids is 1. The van der Waals surface area contributed by atoms with E-state index in [-0.39, 0.29) is 17.9 Å². The highest BCUT2D eigenvalue weighted by Gasteiger charge is 2.34. The molecule has 4 heterocycles. The summed E-state index contributed by atoms with van der Waals surface area (Å²) in [6.07, 6.45) is 3.28. The Labute approximate surface area is 184 Å². The molecule has 0 radical (unpaired) electrons. The van der Waals surface area contributed by atoms with Crippen LogP contribution in [0.15, 0.2) is 30.9 Å². The summed E-state index contributed by atoms with van der Waals surface area (Å²) in [4.78, 5) is 28.5. The number of amides is 1. The molecule has 5 rings (SSSR count). The Kier molecular flexibility index (Phi) is 4.76. The van der Waals surface area contributed by atoms with Gasteiger partial charge in [0.05, 0.1) is 25.2 Å². The number of fused-ring (bicyclic) bond motifs is 2. The third kappa shape index (κ3) is 3.24. The van der Waals surface area contributed by atoms with Gasteiger partial charge in [-0.05, 0) is 38.5 Å². The van der Waals surface area contributed by atoms with Crippen molar-refractivity contribution in [3.8, 4) is 17.3 Å². The van der Waals surface area contributed by atoms with Gasteiger partial charge in [0.1, 0.15) is 17.7 Å². The van der Waals surface area contributed by atoms with Crippen LogP contribution in [-0.2, 0) is 4.79 Å². The van der Waals surface area contributed by atoms with Gasteiger partial charge >= 0.3 is 0 Å². The molecule has 0 fully saturated rings. The third-order valence-electron chi connectivity index (χ3n) is 5.46. The van der Waals surface area contributed by atoms with Crippen molar-refractivity contribution in [2.24, 2.45) is 0 Å². The molecule has 0 unspecified atom stereocenters. The summed E-state index contributed by atoms with van der Waals surface area (Å²) in [5.74, 6) is 2.13. The smallest absolute Gasteiger partial charge is 0.226 e. The average Bonchev–Trinajstić information content (AvgIpc) is 3.37. The number of H-pyrrole nitrogens is 1. The molecule has 10 nitrogen and oxygen atoms in total. The first kappa shape index (κ1) is 20.0. The van der Waals surface area contributed by atoms with Crippen LogP contribution in [0.2, 0.25) is 0 Å².